The zero-order valence-electron chi connectivity index (χ0n) is 12.1. The van der Waals surface area contributed by atoms with Gasteiger partial charge in [0, 0.05) is 11.6 Å². The molecule has 21 heavy (non-hydrogen) atoms. The fourth-order valence-electron chi connectivity index (χ4n) is 2.14. The molecule has 6 heteroatoms. The van der Waals surface area contributed by atoms with E-state index in [9.17, 15) is 14.0 Å². The van der Waals surface area contributed by atoms with Crippen LogP contribution in [0.25, 0.3) is 0 Å². The smallest absolute Gasteiger partial charge is 0.412 e. The summed E-state index contributed by atoms with van der Waals surface area (Å²) in [7, 11) is 0. The molecule has 5 nitrogen and oxygen atoms in total. The van der Waals surface area contributed by atoms with Crippen molar-refractivity contribution in [1.82, 2.24) is 0 Å². The number of amides is 1. The minimum Gasteiger partial charge on any atom is -0.481 e. The Balaban J connectivity index is 2.09. The topological polar surface area (TPSA) is 75.6 Å². The SMILES string of the molecule is CC(C)(C)OC(=O)Nc1ccc(F)c([C@@H]2C[C@H]2C(=O)O)c1. The molecule has 0 spiro atoms. The van der Waals surface area contributed by atoms with E-state index < -0.39 is 29.4 Å². The molecule has 1 aliphatic rings. The average molecular weight is 295 g/mol. The van der Waals surface area contributed by atoms with E-state index >= 15 is 0 Å². The Hall–Kier alpha value is -2.11. The van der Waals surface area contributed by atoms with Gasteiger partial charge in [0.15, 0.2) is 0 Å². The summed E-state index contributed by atoms with van der Waals surface area (Å²) in [5, 5.41) is 11.4. The lowest BCUT2D eigenvalue weighted by Crippen LogP contribution is -2.27. The van der Waals surface area contributed by atoms with Crippen LogP contribution in [0.1, 0.15) is 38.7 Å². The number of nitrogens with one attached hydrogen (secondary N) is 1. The van der Waals surface area contributed by atoms with Crippen molar-refractivity contribution in [3.63, 3.8) is 0 Å². The van der Waals surface area contributed by atoms with E-state index in [1.807, 2.05) is 0 Å². The van der Waals surface area contributed by atoms with Gasteiger partial charge in [-0.25, -0.2) is 9.18 Å². The lowest BCUT2D eigenvalue weighted by molar-refractivity contribution is -0.138. The standard InChI is InChI=1S/C15H18FNO4/c1-15(2,3)21-14(20)17-8-4-5-12(16)10(6-8)9-7-11(9)13(18)19/h4-6,9,11H,7H2,1-3H3,(H,17,20)(H,18,19)/t9-,11+/m0/s1. The Kier molecular flexibility index (Phi) is 3.89. The van der Waals surface area contributed by atoms with Gasteiger partial charge >= 0.3 is 12.1 Å². The van der Waals surface area contributed by atoms with Crippen LogP contribution in [0.3, 0.4) is 0 Å². The molecule has 1 saturated carbocycles. The lowest BCUT2D eigenvalue weighted by atomic mass is 10.1. The van der Waals surface area contributed by atoms with Gasteiger partial charge in [-0.2, -0.15) is 0 Å². The van der Waals surface area contributed by atoms with Crippen LogP contribution < -0.4 is 5.32 Å². The summed E-state index contributed by atoms with van der Waals surface area (Å²) < 4.78 is 18.9. The Morgan fingerprint density at radius 1 is 1.38 bits per heavy atom. The number of ether oxygens (including phenoxy) is 1. The molecule has 0 unspecified atom stereocenters. The van der Waals surface area contributed by atoms with E-state index in [1.54, 1.807) is 20.8 Å². The molecule has 0 saturated heterocycles. The maximum absolute atomic E-state index is 13.8. The van der Waals surface area contributed by atoms with E-state index in [4.69, 9.17) is 9.84 Å². The number of anilines is 1. The Bertz CT molecular complexity index is 580. The summed E-state index contributed by atoms with van der Waals surface area (Å²) >= 11 is 0. The van der Waals surface area contributed by atoms with Gasteiger partial charge in [-0.15, -0.1) is 0 Å². The number of carbonyl (C=O) groups is 2. The summed E-state index contributed by atoms with van der Waals surface area (Å²) in [6, 6.07) is 4.10. The number of benzene rings is 1. The van der Waals surface area contributed by atoms with Crippen molar-refractivity contribution in [2.45, 2.75) is 38.7 Å². The predicted octanol–water partition coefficient (Wildman–Crippen LogP) is 3.36. The second-order valence-electron chi connectivity index (χ2n) is 6.15. The fraction of sp³-hybridized carbons (Fsp3) is 0.467. The molecule has 0 aromatic heterocycles. The normalized spacial score (nSPS) is 20.8. The minimum atomic E-state index is -0.926. The molecule has 2 rings (SSSR count). The molecule has 1 aromatic rings. The van der Waals surface area contributed by atoms with Crippen molar-refractivity contribution in [2.24, 2.45) is 5.92 Å². The van der Waals surface area contributed by atoms with E-state index in [-0.39, 0.29) is 5.92 Å². The van der Waals surface area contributed by atoms with Crippen molar-refractivity contribution < 1.29 is 23.8 Å². The van der Waals surface area contributed by atoms with Crippen molar-refractivity contribution in [2.75, 3.05) is 5.32 Å². The molecule has 1 amide bonds. The highest BCUT2D eigenvalue weighted by molar-refractivity contribution is 5.85. The highest BCUT2D eigenvalue weighted by Gasteiger charge is 2.45. The van der Waals surface area contributed by atoms with E-state index in [0.29, 0.717) is 17.7 Å². The third kappa shape index (κ3) is 3.93. The molecule has 0 radical (unpaired) electrons. The Labute approximate surface area is 122 Å². The molecule has 1 fully saturated rings. The van der Waals surface area contributed by atoms with Gasteiger partial charge in [0.25, 0.3) is 0 Å². The number of aliphatic carboxylic acids is 1. The Morgan fingerprint density at radius 3 is 2.57 bits per heavy atom. The van der Waals surface area contributed by atoms with Gasteiger partial charge in [-0.05, 0) is 51.0 Å². The molecular formula is C15H18FNO4. The molecule has 2 N–H and O–H groups in total. The second-order valence-corrected chi connectivity index (χ2v) is 6.15. The van der Waals surface area contributed by atoms with Gasteiger partial charge in [-0.1, -0.05) is 0 Å². The van der Waals surface area contributed by atoms with Crippen molar-refractivity contribution in [3.8, 4) is 0 Å². The summed E-state index contributed by atoms with van der Waals surface area (Å²) in [4.78, 5) is 22.5. The summed E-state index contributed by atoms with van der Waals surface area (Å²) in [6.45, 7) is 5.22. The number of hydrogen-bond acceptors (Lipinski definition) is 3. The van der Waals surface area contributed by atoms with Crippen molar-refractivity contribution in [1.29, 1.82) is 0 Å². The summed E-state index contributed by atoms with van der Waals surface area (Å²) in [6.07, 6.45) is -0.215. The number of hydrogen-bond donors (Lipinski definition) is 2. The maximum atomic E-state index is 13.8. The Morgan fingerprint density at radius 2 is 2.05 bits per heavy atom. The van der Waals surface area contributed by atoms with Gasteiger partial charge < -0.3 is 9.84 Å². The second kappa shape index (κ2) is 5.35. The van der Waals surface area contributed by atoms with Gasteiger partial charge in [0.1, 0.15) is 11.4 Å². The van der Waals surface area contributed by atoms with Crippen LogP contribution in [0.4, 0.5) is 14.9 Å². The predicted molar refractivity (Wildman–Crippen MR) is 74.7 cm³/mol. The zero-order valence-corrected chi connectivity index (χ0v) is 12.1. The van der Waals surface area contributed by atoms with Crippen LogP contribution in [0, 0.1) is 11.7 Å². The molecule has 0 aliphatic heterocycles. The van der Waals surface area contributed by atoms with Crippen LogP contribution in [-0.4, -0.2) is 22.8 Å². The number of rotatable bonds is 3. The molecule has 1 aliphatic carbocycles. The highest BCUT2D eigenvalue weighted by atomic mass is 19.1. The zero-order chi connectivity index (χ0) is 15.8. The summed E-state index contributed by atoms with van der Waals surface area (Å²) in [5.41, 5.74) is 0.0744. The number of carboxylic acid groups (broad SMARTS) is 1. The van der Waals surface area contributed by atoms with Crippen LogP contribution in [-0.2, 0) is 9.53 Å². The third-order valence-corrected chi connectivity index (χ3v) is 3.15. The van der Waals surface area contributed by atoms with E-state index in [2.05, 4.69) is 5.32 Å². The lowest BCUT2D eigenvalue weighted by Gasteiger charge is -2.19. The molecular weight excluding hydrogens is 277 g/mol. The van der Waals surface area contributed by atoms with Crippen LogP contribution in [0.5, 0.6) is 0 Å². The third-order valence-electron chi connectivity index (χ3n) is 3.15. The van der Waals surface area contributed by atoms with Crippen LogP contribution in [0.15, 0.2) is 18.2 Å². The van der Waals surface area contributed by atoms with Crippen molar-refractivity contribution in [3.05, 3.63) is 29.6 Å². The monoisotopic (exact) mass is 295 g/mol. The maximum Gasteiger partial charge on any atom is 0.412 e. The van der Waals surface area contributed by atoms with Crippen LogP contribution >= 0.6 is 0 Å². The number of carbonyl (C=O) groups excluding carboxylic acids is 1. The van der Waals surface area contributed by atoms with Gasteiger partial charge in [0.05, 0.1) is 5.92 Å². The fourth-order valence-corrected chi connectivity index (χ4v) is 2.14. The largest absolute Gasteiger partial charge is 0.481 e. The quantitative estimate of drug-likeness (QED) is 0.896. The molecule has 114 valence electrons. The first kappa shape index (κ1) is 15.3. The highest BCUT2D eigenvalue weighted by Crippen LogP contribution is 2.48. The first-order chi connectivity index (χ1) is 9.67. The molecule has 1 aromatic carbocycles. The minimum absolute atomic E-state index is 0.316. The van der Waals surface area contributed by atoms with Gasteiger partial charge in [0.2, 0.25) is 0 Å². The van der Waals surface area contributed by atoms with Crippen LogP contribution in [0.2, 0.25) is 0 Å². The first-order valence-corrected chi connectivity index (χ1v) is 6.69. The number of carboxylic acids is 1. The molecule has 0 bridgehead atoms. The van der Waals surface area contributed by atoms with E-state index in [0.717, 1.165) is 0 Å². The summed E-state index contributed by atoms with van der Waals surface area (Å²) in [5.74, 6) is -2.26. The first-order valence-electron chi connectivity index (χ1n) is 6.69. The number of halogens is 1. The molecule has 2 atom stereocenters. The average Bonchev–Trinajstić information content (AvgIpc) is 3.09. The van der Waals surface area contributed by atoms with Gasteiger partial charge in [-0.3, -0.25) is 10.1 Å². The van der Waals surface area contributed by atoms with Crippen molar-refractivity contribution >= 4 is 17.7 Å². The van der Waals surface area contributed by atoms with E-state index in [1.165, 1.54) is 18.2 Å². The molecule has 0 heterocycles.